The number of primary amides is 1. The van der Waals surface area contributed by atoms with Crippen LogP contribution in [-0.4, -0.2) is 33.0 Å². The molecule has 27 heavy (non-hydrogen) atoms. The summed E-state index contributed by atoms with van der Waals surface area (Å²) < 4.78 is 7.26. The summed E-state index contributed by atoms with van der Waals surface area (Å²) in [7, 11) is 1.56. The van der Waals surface area contributed by atoms with Crippen LogP contribution >= 0.6 is 35.0 Å². The van der Waals surface area contributed by atoms with Crippen LogP contribution in [0.1, 0.15) is 6.92 Å². The van der Waals surface area contributed by atoms with E-state index in [1.54, 1.807) is 48.9 Å². The summed E-state index contributed by atoms with van der Waals surface area (Å²) in [6.45, 7) is 1.71. The average molecular weight is 423 g/mol. The van der Waals surface area contributed by atoms with Gasteiger partial charge in [0.15, 0.2) is 11.0 Å². The van der Waals surface area contributed by atoms with Crippen molar-refractivity contribution in [2.45, 2.75) is 17.3 Å². The number of methoxy groups -OCH3 is 1. The number of thioether (sulfide) groups is 1. The molecule has 1 unspecified atom stereocenters. The Hall–Kier alpha value is -2.22. The van der Waals surface area contributed by atoms with Crippen LogP contribution in [0.25, 0.3) is 17.1 Å². The lowest BCUT2D eigenvalue weighted by Gasteiger charge is -2.15. The van der Waals surface area contributed by atoms with E-state index < -0.39 is 11.2 Å². The van der Waals surface area contributed by atoms with E-state index in [9.17, 15) is 4.79 Å². The molecular weight excluding hydrogens is 407 g/mol. The van der Waals surface area contributed by atoms with Crippen LogP contribution in [0, 0.1) is 0 Å². The lowest BCUT2D eigenvalue weighted by molar-refractivity contribution is -0.117. The van der Waals surface area contributed by atoms with Crippen LogP contribution in [0.2, 0.25) is 10.0 Å². The molecule has 0 saturated heterocycles. The smallest absolute Gasteiger partial charge is 0.230 e. The summed E-state index contributed by atoms with van der Waals surface area (Å²) >= 11 is 13.6. The molecule has 0 spiro atoms. The molecule has 3 aromatic rings. The highest BCUT2D eigenvalue weighted by Crippen LogP contribution is 2.35. The van der Waals surface area contributed by atoms with Crippen molar-refractivity contribution in [3.63, 3.8) is 0 Å². The van der Waals surface area contributed by atoms with Crippen LogP contribution in [0.3, 0.4) is 0 Å². The Kier molecular flexibility index (Phi) is 5.94. The Morgan fingerprint density at radius 1 is 1.19 bits per heavy atom. The van der Waals surface area contributed by atoms with E-state index >= 15 is 0 Å². The fourth-order valence-corrected chi connectivity index (χ4v) is 3.60. The molecule has 0 fully saturated rings. The summed E-state index contributed by atoms with van der Waals surface area (Å²) in [6, 6.07) is 12.5. The molecule has 9 heteroatoms. The fraction of sp³-hybridized carbons (Fsp3) is 0.167. The second kappa shape index (κ2) is 8.21. The third-order valence-corrected chi connectivity index (χ3v) is 5.31. The van der Waals surface area contributed by atoms with Crippen molar-refractivity contribution < 1.29 is 9.53 Å². The Bertz CT molecular complexity index is 993. The molecular formula is C18H16Cl2N4O2S. The van der Waals surface area contributed by atoms with E-state index in [0.717, 1.165) is 5.56 Å². The number of aromatic nitrogens is 3. The van der Waals surface area contributed by atoms with Gasteiger partial charge < -0.3 is 10.5 Å². The molecule has 0 aliphatic heterocycles. The van der Waals surface area contributed by atoms with Gasteiger partial charge in [0, 0.05) is 15.6 Å². The Labute approximate surface area is 170 Å². The molecule has 2 aromatic carbocycles. The number of carbonyl (C=O) groups is 1. The number of rotatable bonds is 6. The quantitative estimate of drug-likeness (QED) is 0.601. The molecule has 2 N–H and O–H groups in total. The molecule has 1 aromatic heterocycles. The summed E-state index contributed by atoms with van der Waals surface area (Å²) in [5, 5.41) is 9.64. The molecule has 0 bridgehead atoms. The van der Waals surface area contributed by atoms with E-state index in [4.69, 9.17) is 33.7 Å². The van der Waals surface area contributed by atoms with Gasteiger partial charge in [-0.3, -0.25) is 9.36 Å². The number of carbonyl (C=O) groups excluding carboxylic acids is 1. The topological polar surface area (TPSA) is 83.0 Å². The predicted octanol–water partition coefficient (Wildman–Crippen LogP) is 4.22. The normalized spacial score (nSPS) is 12.0. The minimum Gasteiger partial charge on any atom is -0.495 e. The van der Waals surface area contributed by atoms with Gasteiger partial charge in [-0.05, 0) is 37.3 Å². The highest BCUT2D eigenvalue weighted by molar-refractivity contribution is 8.00. The molecule has 1 amide bonds. The summed E-state index contributed by atoms with van der Waals surface area (Å²) in [5.74, 6) is 0.671. The van der Waals surface area contributed by atoms with Gasteiger partial charge >= 0.3 is 0 Å². The second-order valence-electron chi connectivity index (χ2n) is 5.63. The van der Waals surface area contributed by atoms with Crippen molar-refractivity contribution in [2.75, 3.05) is 7.11 Å². The number of halogens is 2. The monoisotopic (exact) mass is 422 g/mol. The molecule has 0 saturated carbocycles. The van der Waals surface area contributed by atoms with Crippen molar-refractivity contribution in [3.8, 4) is 22.8 Å². The molecule has 1 heterocycles. The number of ether oxygens (including phenoxy) is 1. The second-order valence-corrected chi connectivity index (χ2v) is 7.81. The lowest BCUT2D eigenvalue weighted by atomic mass is 10.2. The van der Waals surface area contributed by atoms with Gasteiger partial charge in [-0.15, -0.1) is 10.2 Å². The fourth-order valence-electron chi connectivity index (χ4n) is 2.43. The average Bonchev–Trinajstić information content (AvgIpc) is 3.05. The van der Waals surface area contributed by atoms with Gasteiger partial charge in [-0.1, -0.05) is 47.1 Å². The first-order chi connectivity index (χ1) is 12.9. The van der Waals surface area contributed by atoms with Crippen molar-refractivity contribution in [2.24, 2.45) is 5.73 Å². The Morgan fingerprint density at radius 2 is 1.93 bits per heavy atom. The van der Waals surface area contributed by atoms with E-state index in [-0.39, 0.29) is 0 Å². The Morgan fingerprint density at radius 3 is 2.59 bits per heavy atom. The van der Waals surface area contributed by atoms with Gasteiger partial charge in [-0.25, -0.2) is 0 Å². The summed E-state index contributed by atoms with van der Waals surface area (Å²) in [5.41, 5.74) is 6.81. The standard InChI is InChI=1S/C18H16Cl2N4O2S/c1-10(16(21)25)27-18-23-22-17(11-4-3-5-12(19)8-11)24(18)14-9-13(20)6-7-15(14)26-2/h3-10H,1-2H3,(H2,21,25). The van der Waals surface area contributed by atoms with Gasteiger partial charge in [0.05, 0.1) is 18.0 Å². The van der Waals surface area contributed by atoms with Gasteiger partial charge in [0.2, 0.25) is 5.91 Å². The minimum atomic E-state index is -0.495. The summed E-state index contributed by atoms with van der Waals surface area (Å²) in [4.78, 5) is 11.5. The first-order valence-electron chi connectivity index (χ1n) is 7.92. The zero-order valence-corrected chi connectivity index (χ0v) is 16.8. The lowest BCUT2D eigenvalue weighted by Crippen LogP contribution is -2.23. The van der Waals surface area contributed by atoms with E-state index in [0.29, 0.717) is 32.5 Å². The summed E-state index contributed by atoms with van der Waals surface area (Å²) in [6.07, 6.45) is 0. The third-order valence-electron chi connectivity index (χ3n) is 3.78. The van der Waals surface area contributed by atoms with Gasteiger partial charge in [0.25, 0.3) is 0 Å². The third kappa shape index (κ3) is 4.21. The van der Waals surface area contributed by atoms with E-state index in [1.165, 1.54) is 11.8 Å². The predicted molar refractivity (Wildman–Crippen MR) is 108 cm³/mol. The van der Waals surface area contributed by atoms with Crippen LogP contribution in [0.4, 0.5) is 0 Å². The number of nitrogens with two attached hydrogens (primary N) is 1. The van der Waals surface area contributed by atoms with Crippen molar-refractivity contribution in [1.29, 1.82) is 0 Å². The first-order valence-corrected chi connectivity index (χ1v) is 9.55. The van der Waals surface area contributed by atoms with Gasteiger partial charge in [0.1, 0.15) is 5.75 Å². The highest BCUT2D eigenvalue weighted by atomic mass is 35.5. The zero-order chi connectivity index (χ0) is 19.6. The molecule has 0 aliphatic carbocycles. The number of hydrogen-bond donors (Lipinski definition) is 1. The zero-order valence-electron chi connectivity index (χ0n) is 14.5. The SMILES string of the molecule is COc1ccc(Cl)cc1-n1c(SC(C)C(N)=O)nnc1-c1cccc(Cl)c1. The molecule has 3 rings (SSSR count). The van der Waals surface area contributed by atoms with Crippen LogP contribution in [0.15, 0.2) is 47.6 Å². The molecule has 0 radical (unpaired) electrons. The van der Waals surface area contributed by atoms with E-state index in [1.807, 2.05) is 12.1 Å². The maximum Gasteiger partial charge on any atom is 0.230 e. The maximum absolute atomic E-state index is 11.5. The number of benzene rings is 2. The highest BCUT2D eigenvalue weighted by Gasteiger charge is 2.22. The van der Waals surface area contributed by atoms with Gasteiger partial charge in [-0.2, -0.15) is 0 Å². The minimum absolute atomic E-state index is 0.447. The molecule has 0 aliphatic rings. The van der Waals surface area contributed by atoms with Crippen molar-refractivity contribution in [3.05, 3.63) is 52.5 Å². The molecule has 6 nitrogen and oxygen atoms in total. The number of nitrogens with zero attached hydrogens (tertiary/aromatic N) is 3. The number of hydrogen-bond acceptors (Lipinski definition) is 5. The van der Waals surface area contributed by atoms with Crippen molar-refractivity contribution in [1.82, 2.24) is 14.8 Å². The molecule has 140 valence electrons. The van der Waals surface area contributed by atoms with Crippen LogP contribution in [0.5, 0.6) is 5.75 Å². The Balaban J connectivity index is 2.23. The molecule has 1 atom stereocenters. The van der Waals surface area contributed by atoms with Crippen molar-refractivity contribution >= 4 is 40.9 Å². The number of amides is 1. The maximum atomic E-state index is 11.5. The van der Waals surface area contributed by atoms with Crippen LogP contribution < -0.4 is 10.5 Å². The van der Waals surface area contributed by atoms with Crippen LogP contribution in [-0.2, 0) is 4.79 Å². The first kappa shape index (κ1) is 19.5. The van der Waals surface area contributed by atoms with E-state index in [2.05, 4.69) is 10.2 Å². The largest absolute Gasteiger partial charge is 0.495 e.